The van der Waals surface area contributed by atoms with E-state index in [-0.39, 0.29) is 11.7 Å². The molecule has 0 atom stereocenters. The maximum Gasteiger partial charge on any atom is 0.295 e. The highest BCUT2D eigenvalue weighted by atomic mass is 19.1. The first-order chi connectivity index (χ1) is 17.4. The van der Waals surface area contributed by atoms with Crippen molar-refractivity contribution in [3.63, 3.8) is 0 Å². The first-order valence-corrected chi connectivity index (χ1v) is 12.6. The Balaban J connectivity index is 1.25. The molecule has 3 aromatic rings. The van der Waals surface area contributed by atoms with Crippen LogP contribution < -0.4 is 0 Å². The Hall–Kier alpha value is -3.52. The number of halogens is 1. The number of fused-ring (bicyclic) bond motifs is 1. The number of H-pyrrole nitrogens is 1. The van der Waals surface area contributed by atoms with E-state index in [2.05, 4.69) is 9.88 Å². The summed E-state index contributed by atoms with van der Waals surface area (Å²) >= 11 is 0. The molecule has 3 heterocycles. The lowest BCUT2D eigenvalue weighted by molar-refractivity contribution is -0.127. The molecule has 2 fully saturated rings. The van der Waals surface area contributed by atoms with Crippen LogP contribution >= 0.6 is 0 Å². The molecule has 0 bridgehead atoms. The summed E-state index contributed by atoms with van der Waals surface area (Å²) in [5.74, 6) is -0.882. The number of aromatic nitrogens is 1. The number of nitrogens with zero attached hydrogens (tertiary/aromatic N) is 3. The van der Waals surface area contributed by atoms with Crippen molar-refractivity contribution in [3.8, 4) is 0 Å². The van der Waals surface area contributed by atoms with Crippen LogP contribution in [0.3, 0.4) is 0 Å². The molecule has 0 radical (unpaired) electrons. The molecule has 1 aromatic heterocycles. The largest absolute Gasteiger partial charge is 0.360 e. The predicted molar refractivity (Wildman–Crippen MR) is 135 cm³/mol. The van der Waals surface area contributed by atoms with Gasteiger partial charge in [-0.3, -0.25) is 14.4 Å². The van der Waals surface area contributed by atoms with Gasteiger partial charge < -0.3 is 19.7 Å². The number of ketones is 1. The summed E-state index contributed by atoms with van der Waals surface area (Å²) in [6, 6.07) is 11.7. The second kappa shape index (κ2) is 10.2. The summed E-state index contributed by atoms with van der Waals surface area (Å²) in [5.41, 5.74) is 2.69. The van der Waals surface area contributed by atoms with E-state index in [4.69, 9.17) is 0 Å². The Morgan fingerprint density at radius 3 is 2.31 bits per heavy atom. The van der Waals surface area contributed by atoms with Crippen molar-refractivity contribution in [1.29, 1.82) is 0 Å². The van der Waals surface area contributed by atoms with Gasteiger partial charge in [0.05, 0.1) is 5.56 Å². The zero-order valence-electron chi connectivity index (χ0n) is 20.5. The van der Waals surface area contributed by atoms with Gasteiger partial charge in [0.1, 0.15) is 5.82 Å². The molecule has 2 amide bonds. The van der Waals surface area contributed by atoms with E-state index in [0.717, 1.165) is 43.4 Å². The van der Waals surface area contributed by atoms with E-state index < -0.39 is 11.7 Å². The molecule has 2 aliphatic rings. The third kappa shape index (κ3) is 5.04. The molecule has 8 heteroatoms. The van der Waals surface area contributed by atoms with Crippen molar-refractivity contribution in [2.75, 3.05) is 46.3 Å². The average molecular weight is 491 g/mol. The highest BCUT2D eigenvalue weighted by Crippen LogP contribution is 2.26. The second-order valence-corrected chi connectivity index (χ2v) is 9.95. The van der Waals surface area contributed by atoms with Gasteiger partial charge in [-0.2, -0.15) is 0 Å². The van der Waals surface area contributed by atoms with Crippen LogP contribution in [0.5, 0.6) is 0 Å². The van der Waals surface area contributed by atoms with Crippen molar-refractivity contribution in [3.05, 3.63) is 71.2 Å². The Morgan fingerprint density at radius 1 is 0.917 bits per heavy atom. The van der Waals surface area contributed by atoms with Crippen molar-refractivity contribution in [2.24, 2.45) is 5.92 Å². The van der Waals surface area contributed by atoms with Crippen LogP contribution in [0, 0.1) is 11.7 Å². The molecule has 0 spiro atoms. The summed E-state index contributed by atoms with van der Waals surface area (Å²) < 4.78 is 13.2. The van der Waals surface area contributed by atoms with Gasteiger partial charge in [-0.1, -0.05) is 12.1 Å². The van der Waals surface area contributed by atoms with Gasteiger partial charge in [-0.05, 0) is 68.1 Å². The molecular weight excluding hydrogens is 459 g/mol. The highest BCUT2D eigenvalue weighted by Gasteiger charge is 2.28. The predicted octanol–water partition coefficient (Wildman–Crippen LogP) is 3.36. The van der Waals surface area contributed by atoms with Crippen LogP contribution in [0.2, 0.25) is 0 Å². The number of rotatable bonds is 5. The number of amides is 2. The Morgan fingerprint density at radius 2 is 1.61 bits per heavy atom. The normalized spacial score (nSPS) is 17.5. The number of benzene rings is 2. The van der Waals surface area contributed by atoms with Gasteiger partial charge in [0.2, 0.25) is 5.78 Å². The molecule has 0 aliphatic carbocycles. The fraction of sp³-hybridized carbons (Fsp3) is 0.393. The van der Waals surface area contributed by atoms with Crippen LogP contribution in [0.25, 0.3) is 10.9 Å². The number of nitrogens with one attached hydrogen (secondary N) is 1. The van der Waals surface area contributed by atoms with Gasteiger partial charge in [-0.25, -0.2) is 4.39 Å². The number of carbonyl (C=O) groups excluding carboxylic acids is 3. The molecule has 1 N–H and O–H groups in total. The number of carbonyl (C=O) groups is 3. The molecule has 7 nitrogen and oxygen atoms in total. The lowest BCUT2D eigenvalue weighted by Crippen LogP contribution is -2.49. The quantitative estimate of drug-likeness (QED) is 0.440. The van der Waals surface area contributed by atoms with E-state index in [9.17, 15) is 18.8 Å². The van der Waals surface area contributed by atoms with Gasteiger partial charge in [0, 0.05) is 61.9 Å². The second-order valence-electron chi connectivity index (χ2n) is 9.95. The average Bonchev–Trinajstić information content (AvgIpc) is 3.33. The van der Waals surface area contributed by atoms with Crippen LogP contribution in [0.4, 0.5) is 4.39 Å². The number of aromatic amines is 1. The van der Waals surface area contributed by atoms with Crippen molar-refractivity contribution >= 4 is 28.5 Å². The number of hydrogen-bond donors (Lipinski definition) is 1. The summed E-state index contributed by atoms with van der Waals surface area (Å²) in [6.45, 7) is 3.86. The van der Waals surface area contributed by atoms with Crippen molar-refractivity contribution in [1.82, 2.24) is 19.7 Å². The fourth-order valence-corrected chi connectivity index (χ4v) is 5.18. The number of hydrogen-bond acceptors (Lipinski definition) is 4. The third-order valence-electron chi connectivity index (χ3n) is 7.50. The zero-order chi connectivity index (χ0) is 25.2. The topological polar surface area (TPSA) is 76.7 Å². The number of piperazine rings is 1. The van der Waals surface area contributed by atoms with E-state index in [1.165, 1.54) is 12.1 Å². The first-order valence-electron chi connectivity index (χ1n) is 12.6. The highest BCUT2D eigenvalue weighted by molar-refractivity contribution is 6.43. The summed E-state index contributed by atoms with van der Waals surface area (Å²) in [7, 11) is 2.00. The van der Waals surface area contributed by atoms with Crippen LogP contribution in [0.1, 0.15) is 39.1 Å². The van der Waals surface area contributed by atoms with Crippen LogP contribution in [-0.2, 0) is 11.2 Å². The van der Waals surface area contributed by atoms with Crippen LogP contribution in [0.15, 0.2) is 48.7 Å². The SMILES string of the molecule is CN1CCN(C(=O)C(=O)c2ccc3[nH]cc(C(=O)N4CCC(Cc5ccc(F)cc5)CC4)c3c2)CC1. The molecule has 188 valence electrons. The number of piperidine rings is 1. The molecule has 5 rings (SSSR count). The molecular formula is C28H31FN4O3. The minimum atomic E-state index is -0.539. The van der Waals surface area contributed by atoms with E-state index in [0.29, 0.717) is 48.6 Å². The van der Waals surface area contributed by atoms with Crippen molar-refractivity contribution in [2.45, 2.75) is 19.3 Å². The molecule has 2 aliphatic heterocycles. The van der Waals surface area contributed by atoms with E-state index in [1.807, 2.05) is 24.1 Å². The smallest absolute Gasteiger partial charge is 0.295 e. The van der Waals surface area contributed by atoms with Gasteiger partial charge in [0.25, 0.3) is 11.8 Å². The summed E-state index contributed by atoms with van der Waals surface area (Å²) in [4.78, 5) is 47.8. The van der Waals surface area contributed by atoms with Gasteiger partial charge >= 0.3 is 0 Å². The molecule has 2 aromatic carbocycles. The minimum Gasteiger partial charge on any atom is -0.360 e. The monoisotopic (exact) mass is 490 g/mol. The standard InChI is InChI=1S/C28H31FN4O3/c1-31-12-14-33(15-13-31)28(36)26(34)21-4-7-25-23(17-21)24(18-30-25)27(35)32-10-8-20(9-11-32)16-19-2-5-22(29)6-3-19/h2-7,17-18,20,30H,8-16H2,1H3. The lowest BCUT2D eigenvalue weighted by atomic mass is 9.90. The summed E-state index contributed by atoms with van der Waals surface area (Å²) in [6.07, 6.45) is 4.33. The fourth-order valence-electron chi connectivity index (χ4n) is 5.18. The summed E-state index contributed by atoms with van der Waals surface area (Å²) in [5, 5.41) is 0.658. The lowest BCUT2D eigenvalue weighted by Gasteiger charge is -2.32. The molecule has 2 saturated heterocycles. The molecule has 36 heavy (non-hydrogen) atoms. The maximum atomic E-state index is 13.4. The minimum absolute atomic E-state index is 0.0727. The van der Waals surface area contributed by atoms with Gasteiger partial charge in [-0.15, -0.1) is 0 Å². The Kier molecular flexibility index (Phi) is 6.87. The van der Waals surface area contributed by atoms with E-state index in [1.54, 1.807) is 29.3 Å². The number of likely N-dealkylation sites (N-methyl/N-ethyl adjacent to an activating group) is 1. The van der Waals surface area contributed by atoms with Crippen molar-refractivity contribution < 1.29 is 18.8 Å². The Bertz CT molecular complexity index is 1270. The van der Waals surface area contributed by atoms with Gasteiger partial charge in [0.15, 0.2) is 0 Å². The van der Waals surface area contributed by atoms with E-state index >= 15 is 0 Å². The third-order valence-corrected chi connectivity index (χ3v) is 7.50. The molecule has 0 unspecified atom stereocenters. The zero-order valence-corrected chi connectivity index (χ0v) is 20.5. The van der Waals surface area contributed by atoms with Crippen LogP contribution in [-0.4, -0.2) is 83.6 Å². The maximum absolute atomic E-state index is 13.4. The molecule has 0 saturated carbocycles. The number of Topliss-reactive ketones (excluding diaryl/α,β-unsaturated/α-hetero) is 1. The number of likely N-dealkylation sites (tertiary alicyclic amines) is 1. The first kappa shape index (κ1) is 24.2. The Labute approximate surface area is 209 Å².